The Morgan fingerprint density at radius 2 is 1.73 bits per heavy atom. The maximum atomic E-state index is 11.5. The van der Waals surface area contributed by atoms with E-state index in [4.69, 9.17) is 5.73 Å². The molecule has 0 saturated heterocycles. The van der Waals surface area contributed by atoms with E-state index in [0.717, 1.165) is 6.54 Å². The fraction of sp³-hybridized carbons (Fsp3) is 0.909. The zero-order chi connectivity index (χ0) is 12.3. The SMILES string of the molecule is CN(C)CC(C)(C)CNC(=O)C(C)(C)N. The van der Waals surface area contributed by atoms with Crippen LogP contribution >= 0.6 is 0 Å². The molecule has 4 nitrogen and oxygen atoms in total. The Hall–Kier alpha value is -0.610. The Balaban J connectivity index is 4.10. The maximum absolute atomic E-state index is 11.5. The van der Waals surface area contributed by atoms with Gasteiger partial charge in [-0.2, -0.15) is 0 Å². The van der Waals surface area contributed by atoms with E-state index >= 15 is 0 Å². The van der Waals surface area contributed by atoms with Crippen molar-refractivity contribution < 1.29 is 4.79 Å². The van der Waals surface area contributed by atoms with E-state index < -0.39 is 5.54 Å². The molecule has 0 heterocycles. The lowest BCUT2D eigenvalue weighted by atomic mass is 9.92. The van der Waals surface area contributed by atoms with Gasteiger partial charge in [-0.05, 0) is 33.4 Å². The monoisotopic (exact) mass is 215 g/mol. The Labute approximate surface area is 93.2 Å². The van der Waals surface area contributed by atoms with E-state index in [0.29, 0.717) is 6.54 Å². The van der Waals surface area contributed by atoms with Crippen LogP contribution in [0, 0.1) is 5.41 Å². The highest BCUT2D eigenvalue weighted by Crippen LogP contribution is 2.14. The number of carbonyl (C=O) groups excluding carboxylic acids is 1. The molecular formula is C11H25N3O. The first-order valence-corrected chi connectivity index (χ1v) is 5.26. The first-order valence-electron chi connectivity index (χ1n) is 5.26. The zero-order valence-electron chi connectivity index (χ0n) is 10.8. The first-order chi connectivity index (χ1) is 6.54. The molecule has 0 unspecified atom stereocenters. The average molecular weight is 215 g/mol. The van der Waals surface area contributed by atoms with Crippen LogP contribution in [0.2, 0.25) is 0 Å². The summed E-state index contributed by atoms with van der Waals surface area (Å²) in [6.07, 6.45) is 0. The predicted molar refractivity (Wildman–Crippen MR) is 63.6 cm³/mol. The van der Waals surface area contributed by atoms with Crippen LogP contribution in [0.1, 0.15) is 27.7 Å². The molecule has 0 saturated carbocycles. The molecule has 4 heteroatoms. The van der Waals surface area contributed by atoms with Crippen molar-refractivity contribution in [2.75, 3.05) is 27.2 Å². The van der Waals surface area contributed by atoms with Crippen LogP contribution in [0.5, 0.6) is 0 Å². The molecule has 90 valence electrons. The van der Waals surface area contributed by atoms with Gasteiger partial charge in [0.15, 0.2) is 0 Å². The lowest BCUT2D eigenvalue weighted by molar-refractivity contribution is -0.125. The number of amides is 1. The number of carbonyl (C=O) groups is 1. The predicted octanol–water partition coefficient (Wildman–Crippen LogP) is 0.428. The molecule has 0 aliphatic heterocycles. The topological polar surface area (TPSA) is 58.4 Å². The number of nitrogens with one attached hydrogen (secondary N) is 1. The second kappa shape index (κ2) is 4.94. The Bertz CT molecular complexity index is 216. The van der Waals surface area contributed by atoms with Gasteiger partial charge in [-0.3, -0.25) is 4.79 Å². The summed E-state index contributed by atoms with van der Waals surface area (Å²) in [6, 6.07) is 0. The molecule has 0 radical (unpaired) electrons. The molecule has 0 aliphatic carbocycles. The van der Waals surface area contributed by atoms with E-state index in [9.17, 15) is 4.79 Å². The van der Waals surface area contributed by atoms with E-state index in [2.05, 4.69) is 24.1 Å². The van der Waals surface area contributed by atoms with Crippen molar-refractivity contribution in [2.45, 2.75) is 33.2 Å². The lowest BCUT2D eigenvalue weighted by Crippen LogP contribution is -2.52. The van der Waals surface area contributed by atoms with Crippen LogP contribution in [-0.2, 0) is 4.79 Å². The maximum Gasteiger partial charge on any atom is 0.239 e. The van der Waals surface area contributed by atoms with Crippen LogP contribution < -0.4 is 11.1 Å². The molecule has 1 amide bonds. The van der Waals surface area contributed by atoms with Gasteiger partial charge in [-0.15, -0.1) is 0 Å². The van der Waals surface area contributed by atoms with Crippen LogP contribution in [-0.4, -0.2) is 43.5 Å². The Kier molecular flexibility index (Phi) is 4.74. The van der Waals surface area contributed by atoms with Crippen molar-refractivity contribution >= 4 is 5.91 Å². The molecule has 0 aliphatic rings. The molecule has 0 aromatic rings. The highest BCUT2D eigenvalue weighted by atomic mass is 16.2. The van der Waals surface area contributed by atoms with Gasteiger partial charge in [0, 0.05) is 13.1 Å². The summed E-state index contributed by atoms with van der Waals surface area (Å²) in [5.41, 5.74) is 4.95. The van der Waals surface area contributed by atoms with Crippen molar-refractivity contribution in [3.05, 3.63) is 0 Å². The van der Waals surface area contributed by atoms with E-state index in [-0.39, 0.29) is 11.3 Å². The summed E-state index contributed by atoms with van der Waals surface area (Å²) < 4.78 is 0. The number of hydrogen-bond donors (Lipinski definition) is 2. The fourth-order valence-corrected chi connectivity index (χ4v) is 1.46. The minimum atomic E-state index is -0.797. The highest BCUT2D eigenvalue weighted by molar-refractivity contribution is 5.85. The van der Waals surface area contributed by atoms with Gasteiger partial charge in [0.25, 0.3) is 0 Å². The molecule has 15 heavy (non-hydrogen) atoms. The van der Waals surface area contributed by atoms with Crippen molar-refractivity contribution in [3.8, 4) is 0 Å². The van der Waals surface area contributed by atoms with Crippen LogP contribution in [0.25, 0.3) is 0 Å². The summed E-state index contributed by atoms with van der Waals surface area (Å²) >= 11 is 0. The Morgan fingerprint density at radius 3 is 2.07 bits per heavy atom. The van der Waals surface area contributed by atoms with Crippen LogP contribution in [0.4, 0.5) is 0 Å². The minimum Gasteiger partial charge on any atom is -0.354 e. The minimum absolute atomic E-state index is 0.0599. The molecule has 0 spiro atoms. The Morgan fingerprint density at radius 1 is 1.27 bits per heavy atom. The molecule has 0 rings (SSSR count). The largest absolute Gasteiger partial charge is 0.354 e. The number of hydrogen-bond acceptors (Lipinski definition) is 3. The summed E-state index contributed by atoms with van der Waals surface area (Å²) in [6.45, 7) is 9.24. The summed E-state index contributed by atoms with van der Waals surface area (Å²) in [5, 5.41) is 2.88. The summed E-state index contributed by atoms with van der Waals surface area (Å²) in [7, 11) is 4.05. The summed E-state index contributed by atoms with van der Waals surface area (Å²) in [4.78, 5) is 13.7. The normalized spacial score (nSPS) is 13.1. The third kappa shape index (κ3) is 6.47. The molecule has 0 atom stereocenters. The van der Waals surface area contributed by atoms with Gasteiger partial charge >= 0.3 is 0 Å². The third-order valence-corrected chi connectivity index (χ3v) is 2.06. The average Bonchev–Trinajstić information content (AvgIpc) is 1.95. The van der Waals surface area contributed by atoms with Crippen molar-refractivity contribution in [2.24, 2.45) is 11.1 Å². The van der Waals surface area contributed by atoms with Gasteiger partial charge in [-0.1, -0.05) is 13.8 Å². The molecule has 0 fully saturated rings. The van der Waals surface area contributed by atoms with Gasteiger partial charge in [-0.25, -0.2) is 0 Å². The molecule has 0 aromatic heterocycles. The quantitative estimate of drug-likeness (QED) is 0.699. The fourth-order valence-electron chi connectivity index (χ4n) is 1.46. The number of nitrogens with two attached hydrogens (primary N) is 1. The van der Waals surface area contributed by atoms with Gasteiger partial charge in [0.2, 0.25) is 5.91 Å². The number of nitrogens with zero attached hydrogens (tertiary/aromatic N) is 1. The molecular weight excluding hydrogens is 190 g/mol. The molecule has 0 bridgehead atoms. The number of rotatable bonds is 5. The second-order valence-corrected chi connectivity index (χ2v) is 5.81. The summed E-state index contributed by atoms with van der Waals surface area (Å²) in [5.74, 6) is -0.102. The first kappa shape index (κ1) is 14.4. The van der Waals surface area contributed by atoms with E-state index in [1.165, 1.54) is 0 Å². The van der Waals surface area contributed by atoms with E-state index in [1.54, 1.807) is 13.8 Å². The van der Waals surface area contributed by atoms with Gasteiger partial charge < -0.3 is 16.0 Å². The smallest absolute Gasteiger partial charge is 0.239 e. The van der Waals surface area contributed by atoms with Crippen LogP contribution in [0.3, 0.4) is 0 Å². The van der Waals surface area contributed by atoms with Gasteiger partial charge in [0.1, 0.15) is 0 Å². The van der Waals surface area contributed by atoms with Gasteiger partial charge in [0.05, 0.1) is 5.54 Å². The molecule has 0 aromatic carbocycles. The van der Waals surface area contributed by atoms with E-state index in [1.807, 2.05) is 14.1 Å². The van der Waals surface area contributed by atoms with Crippen LogP contribution in [0.15, 0.2) is 0 Å². The third-order valence-electron chi connectivity index (χ3n) is 2.06. The molecule has 3 N–H and O–H groups in total. The zero-order valence-corrected chi connectivity index (χ0v) is 10.8. The van der Waals surface area contributed by atoms with Crippen molar-refractivity contribution in [1.29, 1.82) is 0 Å². The standard InChI is InChI=1S/C11H25N3O/c1-10(2,8-14(5)6)7-13-9(15)11(3,4)12/h7-8,12H2,1-6H3,(H,13,15). The lowest BCUT2D eigenvalue weighted by Gasteiger charge is -2.29. The highest BCUT2D eigenvalue weighted by Gasteiger charge is 2.25. The van der Waals surface area contributed by atoms with Crippen molar-refractivity contribution in [3.63, 3.8) is 0 Å². The van der Waals surface area contributed by atoms with Crippen molar-refractivity contribution in [1.82, 2.24) is 10.2 Å². The second-order valence-electron chi connectivity index (χ2n) is 5.81.